The van der Waals surface area contributed by atoms with Gasteiger partial charge in [-0.2, -0.15) is 0 Å². The van der Waals surface area contributed by atoms with E-state index in [0.717, 1.165) is 0 Å². The van der Waals surface area contributed by atoms with Crippen molar-refractivity contribution >= 4 is 34.1 Å². The third kappa shape index (κ3) is 2.99. The van der Waals surface area contributed by atoms with E-state index in [9.17, 15) is 14.0 Å². The molecule has 0 atom stereocenters. The lowest BCUT2D eigenvalue weighted by Gasteiger charge is -2.07. The summed E-state index contributed by atoms with van der Waals surface area (Å²) in [5, 5.41) is 5.98. The van der Waals surface area contributed by atoms with E-state index in [1.54, 1.807) is 43.3 Å². The number of nitrogens with one attached hydrogen (secondary N) is 3. The van der Waals surface area contributed by atoms with E-state index in [-0.39, 0.29) is 11.8 Å². The number of amides is 2. The van der Waals surface area contributed by atoms with Gasteiger partial charge in [-0.3, -0.25) is 9.59 Å². The number of fused-ring (bicyclic) bond motifs is 1. The summed E-state index contributed by atoms with van der Waals surface area (Å²) in [4.78, 5) is 26.5. The van der Waals surface area contributed by atoms with E-state index in [4.69, 9.17) is 0 Å². The van der Waals surface area contributed by atoms with Crippen molar-refractivity contribution < 1.29 is 14.0 Å². The lowest BCUT2D eigenvalue weighted by molar-refractivity contribution is -0.114. The highest BCUT2D eigenvalue weighted by molar-refractivity contribution is 6.14. The Balaban J connectivity index is 1.86. The molecule has 3 aromatic rings. The van der Waals surface area contributed by atoms with Crippen LogP contribution in [0.15, 0.2) is 42.5 Å². The fourth-order valence-corrected chi connectivity index (χ4v) is 2.64. The molecule has 122 valence electrons. The van der Waals surface area contributed by atoms with Crippen LogP contribution in [0.5, 0.6) is 0 Å². The summed E-state index contributed by atoms with van der Waals surface area (Å²) in [6.07, 6.45) is 0. The lowest BCUT2D eigenvalue weighted by Crippen LogP contribution is -2.13. The molecule has 0 aliphatic carbocycles. The van der Waals surface area contributed by atoms with Gasteiger partial charge in [0.25, 0.3) is 5.91 Å². The van der Waals surface area contributed by atoms with Crippen LogP contribution in [0.1, 0.15) is 23.0 Å². The molecular formula is C18H16FN3O2. The van der Waals surface area contributed by atoms with Gasteiger partial charge in [-0.1, -0.05) is 12.1 Å². The number of hydrogen-bond acceptors (Lipinski definition) is 2. The first kappa shape index (κ1) is 15.7. The number of carbonyl (C=O) groups excluding carboxylic acids is 2. The maximum absolute atomic E-state index is 13.8. The Bertz CT molecular complexity index is 929. The zero-order valence-corrected chi connectivity index (χ0v) is 13.2. The van der Waals surface area contributed by atoms with Crippen LogP contribution < -0.4 is 10.6 Å². The fourth-order valence-electron chi connectivity index (χ4n) is 2.64. The van der Waals surface area contributed by atoms with Crippen molar-refractivity contribution in [1.29, 1.82) is 0 Å². The average molecular weight is 325 g/mol. The maximum atomic E-state index is 13.8. The third-order valence-corrected chi connectivity index (χ3v) is 3.66. The molecule has 3 N–H and O–H groups in total. The number of H-pyrrole nitrogens is 1. The van der Waals surface area contributed by atoms with Crippen molar-refractivity contribution in [3.8, 4) is 0 Å². The largest absolute Gasteiger partial charge is 0.356 e. The van der Waals surface area contributed by atoms with Crippen LogP contribution in [0.25, 0.3) is 10.9 Å². The number of halogens is 1. The normalized spacial score (nSPS) is 10.6. The summed E-state index contributed by atoms with van der Waals surface area (Å²) in [6.45, 7) is 3.16. The molecule has 0 unspecified atom stereocenters. The summed E-state index contributed by atoms with van der Waals surface area (Å²) >= 11 is 0. The molecule has 0 aliphatic rings. The molecule has 0 saturated heterocycles. The average Bonchev–Trinajstić information content (AvgIpc) is 2.86. The monoisotopic (exact) mass is 325 g/mol. The van der Waals surface area contributed by atoms with Gasteiger partial charge in [0.1, 0.15) is 5.82 Å². The number of benzene rings is 2. The fraction of sp³-hybridized carbons (Fsp3) is 0.111. The van der Waals surface area contributed by atoms with Gasteiger partial charge in [0.15, 0.2) is 0 Å². The Hall–Kier alpha value is -3.15. The van der Waals surface area contributed by atoms with Gasteiger partial charge in [-0.25, -0.2) is 4.39 Å². The Morgan fingerprint density at radius 3 is 2.25 bits per heavy atom. The van der Waals surface area contributed by atoms with Gasteiger partial charge >= 0.3 is 0 Å². The predicted molar refractivity (Wildman–Crippen MR) is 91.7 cm³/mol. The van der Waals surface area contributed by atoms with Crippen LogP contribution in [-0.2, 0) is 4.79 Å². The second-order valence-corrected chi connectivity index (χ2v) is 5.50. The standard InChI is InChI=1S/C18H16FN3O2/c1-10-16(14-4-3-5-15(19)17(14)20-10)18(24)22-13-8-6-12(7-9-13)21-11(2)23/h3-9,20H,1-2H3,(H,21,23)(H,22,24). The summed E-state index contributed by atoms with van der Waals surface area (Å²) in [6, 6.07) is 11.4. The highest BCUT2D eigenvalue weighted by Crippen LogP contribution is 2.25. The van der Waals surface area contributed by atoms with Gasteiger partial charge < -0.3 is 15.6 Å². The van der Waals surface area contributed by atoms with Crippen molar-refractivity contribution in [2.24, 2.45) is 0 Å². The van der Waals surface area contributed by atoms with E-state index in [2.05, 4.69) is 15.6 Å². The maximum Gasteiger partial charge on any atom is 0.258 e. The summed E-state index contributed by atoms with van der Waals surface area (Å²) < 4.78 is 13.8. The zero-order valence-electron chi connectivity index (χ0n) is 13.2. The summed E-state index contributed by atoms with van der Waals surface area (Å²) in [5.41, 5.74) is 2.56. The van der Waals surface area contributed by atoms with Crippen LogP contribution >= 0.6 is 0 Å². The highest BCUT2D eigenvalue weighted by Gasteiger charge is 2.17. The molecule has 0 aliphatic heterocycles. The minimum absolute atomic E-state index is 0.164. The molecule has 0 bridgehead atoms. The van der Waals surface area contributed by atoms with Crippen molar-refractivity contribution in [1.82, 2.24) is 4.98 Å². The number of para-hydroxylation sites is 1. The van der Waals surface area contributed by atoms with Crippen LogP contribution in [0.3, 0.4) is 0 Å². The Kier molecular flexibility index (Phi) is 4.04. The van der Waals surface area contributed by atoms with Crippen LogP contribution in [-0.4, -0.2) is 16.8 Å². The van der Waals surface area contributed by atoms with Crippen molar-refractivity contribution in [3.63, 3.8) is 0 Å². The predicted octanol–water partition coefficient (Wildman–Crippen LogP) is 3.83. The number of rotatable bonds is 3. The number of aromatic amines is 1. The number of carbonyl (C=O) groups is 2. The Labute approximate surface area is 137 Å². The molecule has 1 heterocycles. The van der Waals surface area contributed by atoms with Crippen molar-refractivity contribution in [3.05, 3.63) is 59.5 Å². The summed E-state index contributed by atoms with van der Waals surface area (Å²) in [5.74, 6) is -0.880. The lowest BCUT2D eigenvalue weighted by atomic mass is 10.1. The van der Waals surface area contributed by atoms with Gasteiger partial charge in [0.05, 0.1) is 11.1 Å². The number of hydrogen-bond donors (Lipinski definition) is 3. The molecule has 24 heavy (non-hydrogen) atoms. The SMILES string of the molecule is CC(=O)Nc1ccc(NC(=O)c2c(C)[nH]c3c(F)cccc23)cc1. The van der Waals surface area contributed by atoms with E-state index < -0.39 is 5.82 Å². The molecule has 2 aromatic carbocycles. The van der Waals surface area contributed by atoms with E-state index in [1.165, 1.54) is 13.0 Å². The first-order valence-corrected chi connectivity index (χ1v) is 7.41. The van der Waals surface area contributed by atoms with Crippen LogP contribution in [0.2, 0.25) is 0 Å². The quantitative estimate of drug-likeness (QED) is 0.685. The second kappa shape index (κ2) is 6.16. The smallest absolute Gasteiger partial charge is 0.258 e. The van der Waals surface area contributed by atoms with Crippen LogP contribution in [0, 0.1) is 12.7 Å². The minimum atomic E-state index is -0.394. The molecule has 0 fully saturated rings. The molecular weight excluding hydrogens is 309 g/mol. The molecule has 0 saturated carbocycles. The van der Waals surface area contributed by atoms with Crippen LogP contribution in [0.4, 0.5) is 15.8 Å². The van der Waals surface area contributed by atoms with Gasteiger partial charge in [-0.15, -0.1) is 0 Å². The Morgan fingerprint density at radius 2 is 1.62 bits per heavy atom. The van der Waals surface area contributed by atoms with Gasteiger partial charge in [0, 0.05) is 29.4 Å². The number of aromatic nitrogens is 1. The number of anilines is 2. The van der Waals surface area contributed by atoms with E-state index >= 15 is 0 Å². The first-order chi connectivity index (χ1) is 11.5. The molecule has 1 aromatic heterocycles. The molecule has 6 heteroatoms. The molecule has 3 rings (SSSR count). The van der Waals surface area contributed by atoms with Gasteiger partial charge in [-0.05, 0) is 37.3 Å². The number of aryl methyl sites for hydroxylation is 1. The second-order valence-electron chi connectivity index (χ2n) is 5.50. The Morgan fingerprint density at radius 1 is 1.00 bits per heavy atom. The van der Waals surface area contributed by atoms with E-state index in [0.29, 0.717) is 33.5 Å². The highest BCUT2D eigenvalue weighted by atomic mass is 19.1. The molecule has 0 spiro atoms. The summed E-state index contributed by atoms with van der Waals surface area (Å²) in [7, 11) is 0. The first-order valence-electron chi connectivity index (χ1n) is 7.41. The van der Waals surface area contributed by atoms with E-state index in [1.807, 2.05) is 0 Å². The minimum Gasteiger partial charge on any atom is -0.356 e. The zero-order chi connectivity index (χ0) is 17.3. The van der Waals surface area contributed by atoms with Crippen molar-refractivity contribution in [2.75, 3.05) is 10.6 Å². The van der Waals surface area contributed by atoms with Gasteiger partial charge in [0.2, 0.25) is 5.91 Å². The molecule has 2 amide bonds. The third-order valence-electron chi connectivity index (χ3n) is 3.66. The van der Waals surface area contributed by atoms with Crippen molar-refractivity contribution in [2.45, 2.75) is 13.8 Å². The molecule has 5 nitrogen and oxygen atoms in total. The molecule has 0 radical (unpaired) electrons. The topological polar surface area (TPSA) is 74.0 Å².